The zero-order chi connectivity index (χ0) is 11.4. The van der Waals surface area contributed by atoms with Crippen LogP contribution in [0.4, 0.5) is 5.69 Å². The monoisotopic (exact) mass is 249 g/mol. The molecule has 1 aromatic carbocycles. The molecular formula is C13H15NS2. The van der Waals surface area contributed by atoms with Crippen LogP contribution in [0, 0.1) is 6.92 Å². The average molecular weight is 249 g/mol. The van der Waals surface area contributed by atoms with Crippen molar-refractivity contribution < 1.29 is 0 Å². The summed E-state index contributed by atoms with van der Waals surface area (Å²) in [4.78, 5) is 2.76. The summed E-state index contributed by atoms with van der Waals surface area (Å²) in [5, 5.41) is 2.13. The summed E-state index contributed by atoms with van der Waals surface area (Å²) in [5.41, 5.74) is 7.97. The third-order valence-corrected chi connectivity index (χ3v) is 4.61. The Hall–Kier alpha value is -0.930. The first-order valence-corrected chi connectivity index (χ1v) is 7.14. The van der Waals surface area contributed by atoms with Crippen LogP contribution in [0.2, 0.25) is 0 Å². The Labute approximate surface area is 105 Å². The van der Waals surface area contributed by atoms with Crippen LogP contribution >= 0.6 is 23.1 Å². The minimum atomic E-state index is 0.890. The van der Waals surface area contributed by atoms with Crippen molar-refractivity contribution in [2.75, 3.05) is 11.5 Å². The van der Waals surface area contributed by atoms with Crippen molar-refractivity contribution in [2.24, 2.45) is 0 Å². The van der Waals surface area contributed by atoms with Gasteiger partial charge in [-0.15, -0.1) is 23.1 Å². The van der Waals surface area contributed by atoms with Gasteiger partial charge < -0.3 is 5.73 Å². The predicted molar refractivity (Wildman–Crippen MR) is 74.3 cm³/mol. The summed E-state index contributed by atoms with van der Waals surface area (Å²) in [6.07, 6.45) is 1.14. The molecule has 0 bridgehead atoms. The highest BCUT2D eigenvalue weighted by Gasteiger charge is 2.02. The van der Waals surface area contributed by atoms with Gasteiger partial charge in [0.15, 0.2) is 0 Å². The van der Waals surface area contributed by atoms with Crippen molar-refractivity contribution >= 4 is 28.8 Å². The number of rotatable bonds is 4. The Morgan fingerprint density at radius 3 is 2.88 bits per heavy atom. The fourth-order valence-electron chi connectivity index (χ4n) is 1.50. The molecule has 2 N–H and O–H groups in total. The first-order valence-electron chi connectivity index (χ1n) is 5.27. The minimum Gasteiger partial charge on any atom is -0.398 e. The summed E-state index contributed by atoms with van der Waals surface area (Å²) < 4.78 is 0. The second-order valence-electron chi connectivity index (χ2n) is 3.65. The van der Waals surface area contributed by atoms with Crippen LogP contribution in [0.5, 0.6) is 0 Å². The van der Waals surface area contributed by atoms with E-state index in [1.54, 1.807) is 0 Å². The number of hydrogen-bond donors (Lipinski definition) is 1. The molecule has 0 saturated carbocycles. The lowest BCUT2D eigenvalue weighted by molar-refractivity contribution is 1.19. The molecule has 0 unspecified atom stereocenters. The highest BCUT2D eigenvalue weighted by molar-refractivity contribution is 7.99. The van der Waals surface area contributed by atoms with E-state index in [0.717, 1.165) is 17.9 Å². The lowest BCUT2D eigenvalue weighted by Gasteiger charge is -2.07. The minimum absolute atomic E-state index is 0.890. The van der Waals surface area contributed by atoms with Crippen molar-refractivity contribution in [3.63, 3.8) is 0 Å². The summed E-state index contributed by atoms with van der Waals surface area (Å²) in [7, 11) is 0. The van der Waals surface area contributed by atoms with Gasteiger partial charge in [0.1, 0.15) is 0 Å². The molecule has 1 nitrogen and oxygen atoms in total. The molecule has 0 aliphatic heterocycles. The third kappa shape index (κ3) is 2.80. The largest absolute Gasteiger partial charge is 0.398 e. The van der Waals surface area contributed by atoms with Gasteiger partial charge in [0.25, 0.3) is 0 Å². The molecule has 1 heterocycles. The van der Waals surface area contributed by atoms with Gasteiger partial charge in [-0.2, -0.15) is 0 Å². The molecule has 84 valence electrons. The zero-order valence-electron chi connectivity index (χ0n) is 9.27. The van der Waals surface area contributed by atoms with Gasteiger partial charge in [-0.05, 0) is 42.5 Å². The SMILES string of the molecule is Cc1c(N)cccc1SCCc1cccs1. The van der Waals surface area contributed by atoms with Crippen molar-refractivity contribution in [1.82, 2.24) is 0 Å². The van der Waals surface area contributed by atoms with Crippen LogP contribution in [0.3, 0.4) is 0 Å². The highest BCUT2D eigenvalue weighted by Crippen LogP contribution is 2.27. The topological polar surface area (TPSA) is 26.0 Å². The van der Waals surface area contributed by atoms with E-state index in [9.17, 15) is 0 Å². The van der Waals surface area contributed by atoms with E-state index in [1.165, 1.54) is 15.3 Å². The molecule has 0 saturated heterocycles. The van der Waals surface area contributed by atoms with Gasteiger partial charge in [0.05, 0.1) is 0 Å². The number of hydrogen-bond acceptors (Lipinski definition) is 3. The molecule has 1 aromatic heterocycles. The smallest absolute Gasteiger partial charge is 0.0354 e. The summed E-state index contributed by atoms with van der Waals surface area (Å²) in [6.45, 7) is 2.09. The molecule has 0 spiro atoms. The van der Waals surface area contributed by atoms with E-state index in [2.05, 4.69) is 30.5 Å². The number of anilines is 1. The maximum Gasteiger partial charge on any atom is 0.0354 e. The van der Waals surface area contributed by atoms with Crippen molar-refractivity contribution in [2.45, 2.75) is 18.2 Å². The number of nitrogens with two attached hydrogens (primary N) is 1. The predicted octanol–water partition coefficient (Wildman–Crippen LogP) is 3.97. The van der Waals surface area contributed by atoms with Crippen molar-refractivity contribution in [3.8, 4) is 0 Å². The average Bonchev–Trinajstić information content (AvgIpc) is 2.77. The van der Waals surface area contributed by atoms with E-state index in [1.807, 2.05) is 35.2 Å². The molecular weight excluding hydrogens is 234 g/mol. The molecule has 0 aliphatic carbocycles. The molecule has 3 heteroatoms. The molecule has 0 fully saturated rings. The van der Waals surface area contributed by atoms with Gasteiger partial charge in [-0.1, -0.05) is 12.1 Å². The fourth-order valence-corrected chi connectivity index (χ4v) is 3.39. The van der Waals surface area contributed by atoms with E-state index < -0.39 is 0 Å². The third-order valence-electron chi connectivity index (χ3n) is 2.51. The lowest BCUT2D eigenvalue weighted by atomic mass is 10.2. The number of benzene rings is 1. The normalized spacial score (nSPS) is 10.6. The Morgan fingerprint density at radius 1 is 1.25 bits per heavy atom. The summed E-state index contributed by atoms with van der Waals surface area (Å²) in [5.74, 6) is 1.12. The van der Waals surface area contributed by atoms with Gasteiger partial charge >= 0.3 is 0 Å². The second-order valence-corrected chi connectivity index (χ2v) is 5.82. The molecule has 16 heavy (non-hydrogen) atoms. The van der Waals surface area contributed by atoms with Crippen LogP contribution in [0.1, 0.15) is 10.4 Å². The number of thioether (sulfide) groups is 1. The summed E-state index contributed by atoms with van der Waals surface area (Å²) in [6, 6.07) is 10.4. The maximum atomic E-state index is 5.88. The maximum absolute atomic E-state index is 5.88. The Bertz CT molecular complexity index is 449. The standard InChI is InChI=1S/C13H15NS2/c1-10-12(14)5-2-6-13(10)16-9-7-11-4-3-8-15-11/h2-6,8H,7,9,14H2,1H3. The molecule has 0 aliphatic rings. The first-order chi connectivity index (χ1) is 7.77. The first kappa shape index (κ1) is 11.6. The van der Waals surface area contributed by atoms with Crippen LogP contribution in [-0.4, -0.2) is 5.75 Å². The van der Waals surface area contributed by atoms with Crippen LogP contribution in [0.15, 0.2) is 40.6 Å². The van der Waals surface area contributed by atoms with E-state index >= 15 is 0 Å². The number of aryl methyl sites for hydroxylation is 1. The van der Waals surface area contributed by atoms with Gasteiger partial charge in [-0.25, -0.2) is 0 Å². The van der Waals surface area contributed by atoms with E-state index in [0.29, 0.717) is 0 Å². The van der Waals surface area contributed by atoms with Crippen molar-refractivity contribution in [1.29, 1.82) is 0 Å². The van der Waals surface area contributed by atoms with E-state index in [-0.39, 0.29) is 0 Å². The van der Waals surface area contributed by atoms with Gasteiger partial charge in [0, 0.05) is 21.2 Å². The summed E-state index contributed by atoms with van der Waals surface area (Å²) >= 11 is 3.71. The molecule has 0 radical (unpaired) electrons. The zero-order valence-corrected chi connectivity index (χ0v) is 10.9. The van der Waals surface area contributed by atoms with E-state index in [4.69, 9.17) is 5.73 Å². The molecule has 2 rings (SSSR count). The molecule has 0 atom stereocenters. The second kappa shape index (κ2) is 5.41. The Kier molecular flexibility index (Phi) is 3.91. The van der Waals surface area contributed by atoms with Crippen LogP contribution in [-0.2, 0) is 6.42 Å². The Balaban J connectivity index is 1.92. The van der Waals surface area contributed by atoms with Crippen LogP contribution < -0.4 is 5.73 Å². The van der Waals surface area contributed by atoms with Gasteiger partial charge in [0.2, 0.25) is 0 Å². The van der Waals surface area contributed by atoms with Gasteiger partial charge in [-0.3, -0.25) is 0 Å². The lowest BCUT2D eigenvalue weighted by Crippen LogP contribution is -1.92. The van der Waals surface area contributed by atoms with Crippen molar-refractivity contribution in [3.05, 3.63) is 46.2 Å². The number of thiophene rings is 1. The quantitative estimate of drug-likeness (QED) is 0.655. The van der Waals surface area contributed by atoms with Crippen LogP contribution in [0.25, 0.3) is 0 Å². The number of nitrogen functional groups attached to an aromatic ring is 1. The fraction of sp³-hybridized carbons (Fsp3) is 0.231. The highest BCUT2D eigenvalue weighted by atomic mass is 32.2. The molecule has 0 amide bonds. The Morgan fingerprint density at radius 2 is 2.12 bits per heavy atom. The molecule has 2 aromatic rings.